The Hall–Kier alpha value is -1.40. The van der Waals surface area contributed by atoms with Gasteiger partial charge in [-0.25, -0.2) is 0 Å². The summed E-state index contributed by atoms with van der Waals surface area (Å²) in [5.74, 6) is 0.544. The number of aromatic nitrogens is 1. The predicted octanol–water partition coefficient (Wildman–Crippen LogP) is 1.76. The van der Waals surface area contributed by atoms with Crippen molar-refractivity contribution in [1.29, 1.82) is 0 Å². The third-order valence-corrected chi connectivity index (χ3v) is 7.14. The van der Waals surface area contributed by atoms with E-state index in [-0.39, 0.29) is 30.0 Å². The van der Waals surface area contributed by atoms with Gasteiger partial charge in [-0.2, -0.15) is 0 Å². The Labute approximate surface area is 140 Å². The molecule has 7 rings (SSSR count). The van der Waals surface area contributed by atoms with Crippen molar-refractivity contribution in [3.05, 3.63) is 35.5 Å². The number of aromatic amines is 1. The highest BCUT2D eigenvalue weighted by atomic mass is 16.6. The third kappa shape index (κ3) is 1.46. The minimum Gasteiger partial charge on any atom is -0.378 e. The monoisotopic (exact) mass is 326 g/mol. The Morgan fingerprint density at radius 3 is 2.92 bits per heavy atom. The van der Waals surface area contributed by atoms with E-state index in [1.807, 2.05) is 6.92 Å². The zero-order chi connectivity index (χ0) is 16.2. The molecule has 24 heavy (non-hydrogen) atoms. The molecule has 1 aromatic heterocycles. The molecule has 0 saturated carbocycles. The molecule has 0 aliphatic carbocycles. The molecule has 9 atom stereocenters. The Morgan fingerprint density at radius 1 is 1.21 bits per heavy atom. The maximum atomic E-state index is 11.0. The first kappa shape index (κ1) is 13.8. The second-order valence-corrected chi connectivity index (χ2v) is 8.00. The number of hydrogen-bond acceptors (Lipinski definition) is 4. The molecular weight excluding hydrogens is 304 g/mol. The molecule has 4 fully saturated rings. The lowest BCUT2D eigenvalue weighted by Gasteiger charge is -2.66. The molecule has 6 heterocycles. The van der Waals surface area contributed by atoms with Crippen molar-refractivity contribution >= 4 is 10.9 Å². The summed E-state index contributed by atoms with van der Waals surface area (Å²) in [7, 11) is 0. The number of nitrogens with zero attached hydrogens (tertiary/aromatic N) is 1. The molecule has 7 unspecified atom stereocenters. The largest absolute Gasteiger partial charge is 0.378 e. The van der Waals surface area contributed by atoms with Gasteiger partial charge in [0, 0.05) is 34.5 Å². The molecule has 3 N–H and O–H groups in total. The van der Waals surface area contributed by atoms with E-state index in [4.69, 9.17) is 4.74 Å². The van der Waals surface area contributed by atoms with Gasteiger partial charge in [-0.05, 0) is 37.3 Å². The standard InChI is InChI=1S/C19H22N2O3/c1-8-15-11-7-14-17-10(9-4-2-3-5-12(9)20-17)6-13(21(14)18(15)22)16(11)19(23)24-8/h2-5,8,11,13-16,18-20,22-23H,6-7H2,1H3/t8?,11?,13?,14-,15-,16?,18?,19?/m0/s1. The maximum Gasteiger partial charge on any atom is 0.159 e. The maximum absolute atomic E-state index is 11.0. The summed E-state index contributed by atoms with van der Waals surface area (Å²) < 4.78 is 5.79. The third-order valence-electron chi connectivity index (χ3n) is 7.14. The van der Waals surface area contributed by atoms with Crippen LogP contribution >= 0.6 is 0 Å². The summed E-state index contributed by atoms with van der Waals surface area (Å²) in [4.78, 5) is 5.89. The summed E-state index contributed by atoms with van der Waals surface area (Å²) >= 11 is 0. The van der Waals surface area contributed by atoms with E-state index in [0.29, 0.717) is 5.92 Å². The van der Waals surface area contributed by atoms with Crippen LogP contribution < -0.4 is 0 Å². The molecule has 5 heteroatoms. The van der Waals surface area contributed by atoms with Gasteiger partial charge in [-0.15, -0.1) is 0 Å². The highest BCUT2D eigenvalue weighted by Crippen LogP contribution is 2.59. The molecule has 2 aromatic rings. The van der Waals surface area contributed by atoms with Gasteiger partial charge in [0.25, 0.3) is 0 Å². The van der Waals surface area contributed by atoms with Crippen molar-refractivity contribution in [2.45, 2.75) is 50.5 Å². The van der Waals surface area contributed by atoms with Crippen molar-refractivity contribution in [3.8, 4) is 0 Å². The van der Waals surface area contributed by atoms with Gasteiger partial charge < -0.3 is 19.9 Å². The molecule has 5 nitrogen and oxygen atoms in total. The number of nitrogens with one attached hydrogen (secondary N) is 1. The number of H-pyrrole nitrogens is 1. The van der Waals surface area contributed by atoms with Crippen LogP contribution in [0, 0.1) is 17.8 Å². The van der Waals surface area contributed by atoms with Gasteiger partial charge in [-0.3, -0.25) is 4.90 Å². The lowest BCUT2D eigenvalue weighted by Crippen LogP contribution is -2.73. The van der Waals surface area contributed by atoms with E-state index in [1.54, 1.807) is 0 Å². The smallest absolute Gasteiger partial charge is 0.159 e. The van der Waals surface area contributed by atoms with Crippen molar-refractivity contribution in [2.24, 2.45) is 17.8 Å². The SMILES string of the molecule is CC1OC(O)C2C3C[C@H]4c5[nH]c6ccccc6c5CC2N4C(O)[C@@H]13. The van der Waals surface area contributed by atoms with Crippen LogP contribution in [-0.2, 0) is 11.2 Å². The minimum atomic E-state index is -0.714. The predicted molar refractivity (Wildman–Crippen MR) is 88.0 cm³/mol. The number of piperidine rings is 3. The topological polar surface area (TPSA) is 68.7 Å². The molecule has 0 spiro atoms. The summed E-state index contributed by atoms with van der Waals surface area (Å²) in [5.41, 5.74) is 3.82. The Bertz CT molecular complexity index is 833. The van der Waals surface area contributed by atoms with Crippen LogP contribution in [0.25, 0.3) is 10.9 Å². The molecule has 6 bridgehead atoms. The first-order chi connectivity index (χ1) is 11.6. The van der Waals surface area contributed by atoms with Crippen LogP contribution in [0.3, 0.4) is 0 Å². The second kappa shape index (κ2) is 4.41. The molecular formula is C19H22N2O3. The number of rotatable bonds is 0. The molecule has 4 saturated heterocycles. The van der Waals surface area contributed by atoms with E-state index in [0.717, 1.165) is 12.8 Å². The fourth-order valence-corrected chi connectivity index (χ4v) is 6.30. The number of ether oxygens (including phenoxy) is 1. The number of benzene rings is 1. The lowest BCUT2D eigenvalue weighted by molar-refractivity contribution is -0.333. The normalized spacial score (nSPS) is 48.5. The van der Waals surface area contributed by atoms with Crippen molar-refractivity contribution < 1.29 is 14.9 Å². The highest BCUT2D eigenvalue weighted by molar-refractivity contribution is 5.85. The number of hydrogen-bond donors (Lipinski definition) is 3. The quantitative estimate of drug-likeness (QED) is 0.690. The summed E-state index contributed by atoms with van der Waals surface area (Å²) in [6.45, 7) is 1.99. The summed E-state index contributed by atoms with van der Waals surface area (Å²) in [6.07, 6.45) is 0.580. The van der Waals surface area contributed by atoms with Crippen LogP contribution in [0.4, 0.5) is 0 Å². The van der Waals surface area contributed by atoms with Crippen LogP contribution in [0.2, 0.25) is 0 Å². The van der Waals surface area contributed by atoms with Gasteiger partial charge >= 0.3 is 0 Å². The van der Waals surface area contributed by atoms with Crippen molar-refractivity contribution in [3.63, 3.8) is 0 Å². The number of fused-ring (bicyclic) bond motifs is 3. The average molecular weight is 326 g/mol. The number of aliphatic hydroxyl groups excluding tert-OH is 2. The van der Waals surface area contributed by atoms with E-state index < -0.39 is 12.5 Å². The fraction of sp³-hybridized carbons (Fsp3) is 0.579. The summed E-state index contributed by atoms with van der Waals surface area (Å²) in [5, 5.41) is 22.9. The molecule has 0 amide bonds. The van der Waals surface area contributed by atoms with Crippen molar-refractivity contribution in [1.82, 2.24) is 9.88 Å². The molecule has 126 valence electrons. The molecule has 1 aromatic carbocycles. The Morgan fingerprint density at radius 2 is 2.04 bits per heavy atom. The zero-order valence-corrected chi connectivity index (χ0v) is 13.6. The number of aliphatic hydroxyl groups is 2. The van der Waals surface area contributed by atoms with Gasteiger partial charge in [0.15, 0.2) is 6.29 Å². The first-order valence-electron chi connectivity index (χ1n) is 9.03. The average Bonchev–Trinajstić information content (AvgIpc) is 2.93. The lowest BCUT2D eigenvalue weighted by atomic mass is 9.58. The van der Waals surface area contributed by atoms with E-state index in [9.17, 15) is 10.2 Å². The van der Waals surface area contributed by atoms with Crippen LogP contribution in [0.5, 0.6) is 0 Å². The molecule has 5 aliphatic heterocycles. The second-order valence-electron chi connectivity index (χ2n) is 8.00. The molecule has 0 radical (unpaired) electrons. The highest BCUT2D eigenvalue weighted by Gasteiger charge is 2.64. The van der Waals surface area contributed by atoms with Crippen LogP contribution in [-0.4, -0.2) is 44.8 Å². The van der Waals surface area contributed by atoms with Crippen molar-refractivity contribution in [2.75, 3.05) is 0 Å². The van der Waals surface area contributed by atoms with Gasteiger partial charge in [0.2, 0.25) is 0 Å². The Balaban J connectivity index is 1.55. The zero-order valence-electron chi connectivity index (χ0n) is 13.6. The van der Waals surface area contributed by atoms with E-state index >= 15 is 0 Å². The van der Waals surface area contributed by atoms with Gasteiger partial charge in [0.05, 0.1) is 12.1 Å². The van der Waals surface area contributed by atoms with Crippen LogP contribution in [0.15, 0.2) is 24.3 Å². The van der Waals surface area contributed by atoms with Crippen LogP contribution in [0.1, 0.15) is 30.6 Å². The van der Waals surface area contributed by atoms with E-state index in [1.165, 1.54) is 22.2 Å². The number of para-hydroxylation sites is 1. The Kier molecular flexibility index (Phi) is 2.54. The van der Waals surface area contributed by atoms with Gasteiger partial charge in [-0.1, -0.05) is 18.2 Å². The van der Waals surface area contributed by atoms with Gasteiger partial charge in [0.1, 0.15) is 6.23 Å². The summed E-state index contributed by atoms with van der Waals surface area (Å²) in [6, 6.07) is 8.84. The molecule has 5 aliphatic rings. The fourth-order valence-electron chi connectivity index (χ4n) is 6.30. The van der Waals surface area contributed by atoms with E-state index in [2.05, 4.69) is 34.1 Å². The first-order valence-corrected chi connectivity index (χ1v) is 9.03. The minimum absolute atomic E-state index is 0.0951.